The van der Waals surface area contributed by atoms with E-state index in [-0.39, 0.29) is 5.56 Å². The Labute approximate surface area is 113 Å². The Bertz CT molecular complexity index is 726. The molecule has 0 aliphatic heterocycles. The van der Waals surface area contributed by atoms with Crippen LogP contribution < -0.4 is 5.56 Å². The monoisotopic (exact) mass is 278 g/mol. The first-order valence-corrected chi connectivity index (χ1v) is 7.75. The number of H-pyrrole nitrogens is 1. The molecule has 0 spiro atoms. The van der Waals surface area contributed by atoms with E-state index in [2.05, 4.69) is 4.98 Å². The highest BCUT2D eigenvalue weighted by atomic mass is 32.1. The molecule has 2 aromatic heterocycles. The highest BCUT2D eigenvalue weighted by Crippen LogP contribution is 2.50. The van der Waals surface area contributed by atoms with Crippen LogP contribution in [0.15, 0.2) is 16.2 Å². The van der Waals surface area contributed by atoms with Crippen molar-refractivity contribution in [3.05, 3.63) is 26.6 Å². The van der Waals surface area contributed by atoms with Gasteiger partial charge in [0.25, 0.3) is 5.56 Å². The largest absolute Gasteiger partial charge is 0.323 e. The topological polar surface area (TPSA) is 37.8 Å². The molecule has 2 bridgehead atoms. The fraction of sp³-hybridized carbons (Fsp3) is 0.538. The molecule has 3 atom stereocenters. The molecule has 2 fully saturated rings. The first-order chi connectivity index (χ1) is 8.74. The van der Waals surface area contributed by atoms with E-state index in [0.717, 1.165) is 22.6 Å². The molecule has 2 heterocycles. The van der Waals surface area contributed by atoms with E-state index < -0.39 is 0 Å². The van der Waals surface area contributed by atoms with Gasteiger partial charge in [-0.1, -0.05) is 6.42 Å². The summed E-state index contributed by atoms with van der Waals surface area (Å²) < 4.78 is 2.46. The standard InChI is InChI=1S/C13H14N2OS2/c16-12-9-3-4-18-11(9)14-13(17)15(12)10-6-7-1-2-8(10)5-7/h3-4,7-8,10H,1-2,5-6H2,(H,14,17). The maximum absolute atomic E-state index is 12.6. The van der Waals surface area contributed by atoms with Gasteiger partial charge in [0.2, 0.25) is 0 Å². The number of aromatic amines is 1. The summed E-state index contributed by atoms with van der Waals surface area (Å²) in [6.07, 6.45) is 5.02. The van der Waals surface area contributed by atoms with Crippen LogP contribution in [-0.2, 0) is 0 Å². The van der Waals surface area contributed by atoms with Crippen LogP contribution in [0.4, 0.5) is 0 Å². The predicted molar refractivity (Wildman–Crippen MR) is 75.8 cm³/mol. The van der Waals surface area contributed by atoms with E-state index >= 15 is 0 Å². The average molecular weight is 278 g/mol. The molecule has 2 aliphatic rings. The van der Waals surface area contributed by atoms with Crippen molar-refractivity contribution < 1.29 is 0 Å². The van der Waals surface area contributed by atoms with Gasteiger partial charge in [-0.15, -0.1) is 11.3 Å². The Morgan fingerprint density at radius 3 is 3.00 bits per heavy atom. The number of fused-ring (bicyclic) bond motifs is 3. The highest BCUT2D eigenvalue weighted by Gasteiger charge is 2.41. The number of thiophene rings is 1. The van der Waals surface area contributed by atoms with Gasteiger partial charge in [-0.2, -0.15) is 0 Å². The molecule has 2 saturated carbocycles. The fourth-order valence-electron chi connectivity index (χ4n) is 3.78. The minimum absolute atomic E-state index is 0.104. The first-order valence-electron chi connectivity index (χ1n) is 6.46. The molecule has 4 rings (SSSR count). The molecule has 2 aliphatic carbocycles. The third-order valence-electron chi connectivity index (χ3n) is 4.59. The van der Waals surface area contributed by atoms with Crippen LogP contribution in [-0.4, -0.2) is 9.55 Å². The zero-order valence-corrected chi connectivity index (χ0v) is 11.5. The predicted octanol–water partition coefficient (Wildman–Crippen LogP) is 3.48. The minimum Gasteiger partial charge on any atom is -0.323 e. The first kappa shape index (κ1) is 10.9. The summed E-state index contributed by atoms with van der Waals surface area (Å²) in [6, 6.07) is 2.24. The lowest BCUT2D eigenvalue weighted by Crippen LogP contribution is -2.29. The fourth-order valence-corrected chi connectivity index (χ4v) is 4.95. The van der Waals surface area contributed by atoms with E-state index in [4.69, 9.17) is 12.2 Å². The van der Waals surface area contributed by atoms with Crippen molar-refractivity contribution in [3.8, 4) is 0 Å². The van der Waals surface area contributed by atoms with E-state index in [0.29, 0.717) is 16.7 Å². The lowest BCUT2D eigenvalue weighted by Gasteiger charge is -2.23. The maximum atomic E-state index is 12.6. The second-order valence-corrected chi connectivity index (χ2v) is 6.81. The molecule has 0 amide bonds. The van der Waals surface area contributed by atoms with Crippen molar-refractivity contribution >= 4 is 33.8 Å². The number of hydrogen-bond donors (Lipinski definition) is 1. The van der Waals surface area contributed by atoms with Gasteiger partial charge in [-0.3, -0.25) is 9.36 Å². The number of nitrogens with zero attached hydrogens (tertiary/aromatic N) is 1. The van der Waals surface area contributed by atoms with Crippen molar-refractivity contribution in [2.45, 2.75) is 31.7 Å². The van der Waals surface area contributed by atoms with Crippen molar-refractivity contribution in [2.24, 2.45) is 11.8 Å². The molecule has 94 valence electrons. The summed E-state index contributed by atoms with van der Waals surface area (Å²) in [7, 11) is 0. The van der Waals surface area contributed by atoms with Crippen LogP contribution in [0.5, 0.6) is 0 Å². The second-order valence-electron chi connectivity index (χ2n) is 5.51. The van der Waals surface area contributed by atoms with Crippen LogP contribution in [0.3, 0.4) is 0 Å². The van der Waals surface area contributed by atoms with Gasteiger partial charge in [-0.05, 0) is 54.8 Å². The quantitative estimate of drug-likeness (QED) is 0.811. The molecule has 5 heteroatoms. The molecule has 0 saturated heterocycles. The number of nitrogens with one attached hydrogen (secondary N) is 1. The van der Waals surface area contributed by atoms with Crippen molar-refractivity contribution in [1.82, 2.24) is 9.55 Å². The van der Waals surface area contributed by atoms with Gasteiger partial charge in [0, 0.05) is 6.04 Å². The average Bonchev–Trinajstić information content (AvgIpc) is 3.02. The van der Waals surface area contributed by atoms with Crippen molar-refractivity contribution in [2.75, 3.05) is 0 Å². The van der Waals surface area contributed by atoms with Crippen LogP contribution >= 0.6 is 23.6 Å². The van der Waals surface area contributed by atoms with Crippen molar-refractivity contribution in [1.29, 1.82) is 0 Å². The van der Waals surface area contributed by atoms with E-state index in [1.165, 1.54) is 19.3 Å². The molecule has 18 heavy (non-hydrogen) atoms. The summed E-state index contributed by atoms with van der Waals surface area (Å²) in [5, 5.41) is 2.74. The Morgan fingerprint density at radius 1 is 1.39 bits per heavy atom. The van der Waals surface area contributed by atoms with Gasteiger partial charge in [0.05, 0.1) is 5.39 Å². The van der Waals surface area contributed by atoms with E-state index in [9.17, 15) is 4.79 Å². The van der Waals surface area contributed by atoms with Crippen LogP contribution in [0.2, 0.25) is 0 Å². The van der Waals surface area contributed by atoms with Crippen LogP contribution in [0, 0.1) is 16.6 Å². The number of rotatable bonds is 1. The lowest BCUT2D eigenvalue weighted by atomic mass is 9.95. The summed E-state index contributed by atoms with van der Waals surface area (Å²) in [5.41, 5.74) is 0.104. The molecule has 3 unspecified atom stereocenters. The number of hydrogen-bond acceptors (Lipinski definition) is 3. The van der Waals surface area contributed by atoms with Crippen LogP contribution in [0.25, 0.3) is 10.2 Å². The molecular formula is C13H14N2OS2. The zero-order chi connectivity index (χ0) is 12.3. The van der Waals surface area contributed by atoms with Crippen LogP contribution in [0.1, 0.15) is 31.7 Å². The molecule has 0 radical (unpaired) electrons. The van der Waals surface area contributed by atoms with Gasteiger partial charge in [-0.25, -0.2) is 0 Å². The zero-order valence-electron chi connectivity index (χ0n) is 9.89. The normalized spacial score (nSPS) is 30.3. The van der Waals surface area contributed by atoms with Gasteiger partial charge in [0.1, 0.15) is 4.83 Å². The second kappa shape index (κ2) is 3.78. The third kappa shape index (κ3) is 1.40. The molecule has 0 aromatic carbocycles. The van der Waals surface area contributed by atoms with Gasteiger partial charge in [0.15, 0.2) is 4.77 Å². The van der Waals surface area contributed by atoms with Gasteiger partial charge < -0.3 is 4.98 Å². The van der Waals surface area contributed by atoms with E-state index in [1.54, 1.807) is 11.3 Å². The summed E-state index contributed by atoms with van der Waals surface area (Å²) in [4.78, 5) is 16.7. The SMILES string of the molecule is O=c1c2ccsc2[nH]c(=S)n1C1CC2CCC1C2. The molecule has 1 N–H and O–H groups in total. The minimum atomic E-state index is 0.104. The Morgan fingerprint density at radius 2 is 2.28 bits per heavy atom. The summed E-state index contributed by atoms with van der Waals surface area (Å²) >= 11 is 6.95. The Hall–Kier alpha value is -0.940. The van der Waals surface area contributed by atoms with E-state index in [1.807, 2.05) is 16.0 Å². The van der Waals surface area contributed by atoms with Crippen molar-refractivity contribution in [3.63, 3.8) is 0 Å². The molecule has 3 nitrogen and oxygen atoms in total. The number of aromatic nitrogens is 2. The summed E-state index contributed by atoms with van der Waals surface area (Å²) in [5.74, 6) is 1.48. The molecule has 2 aromatic rings. The Kier molecular flexibility index (Phi) is 2.29. The Balaban J connectivity index is 1.95. The maximum Gasteiger partial charge on any atom is 0.263 e. The third-order valence-corrected chi connectivity index (χ3v) is 5.71. The summed E-state index contributed by atoms with van der Waals surface area (Å²) in [6.45, 7) is 0. The van der Waals surface area contributed by atoms with Gasteiger partial charge >= 0.3 is 0 Å². The lowest BCUT2D eigenvalue weighted by molar-refractivity contribution is 0.319. The molecular weight excluding hydrogens is 264 g/mol. The highest BCUT2D eigenvalue weighted by molar-refractivity contribution is 7.71. The smallest absolute Gasteiger partial charge is 0.263 e.